The molecule has 148 valence electrons. The van der Waals surface area contributed by atoms with Crippen molar-refractivity contribution in [2.75, 3.05) is 4.72 Å². The second-order valence-corrected chi connectivity index (χ2v) is 8.50. The Bertz CT molecular complexity index is 1340. The number of aryl methyl sites for hydroxylation is 1. The van der Waals surface area contributed by atoms with Crippen molar-refractivity contribution in [2.24, 2.45) is 0 Å². The summed E-state index contributed by atoms with van der Waals surface area (Å²) in [4.78, 5) is 10.4. The molecule has 0 aliphatic heterocycles. The number of nitrogens with one attached hydrogen (secondary N) is 1. The second-order valence-electron chi connectivity index (χ2n) is 6.78. The van der Waals surface area contributed by atoms with E-state index in [0.29, 0.717) is 11.3 Å². The molecular weight excluding hydrogens is 390 g/mol. The van der Waals surface area contributed by atoms with Gasteiger partial charge in [-0.15, -0.1) is 0 Å². The highest BCUT2D eigenvalue weighted by molar-refractivity contribution is 7.91. The van der Waals surface area contributed by atoms with Crippen LogP contribution in [0.3, 0.4) is 0 Å². The van der Waals surface area contributed by atoms with Crippen molar-refractivity contribution >= 4 is 43.2 Å². The molecule has 0 aliphatic rings. The first kappa shape index (κ1) is 18.9. The molecule has 29 heavy (non-hydrogen) atoms. The van der Waals surface area contributed by atoms with Crippen molar-refractivity contribution in [3.05, 3.63) is 82.4 Å². The summed E-state index contributed by atoms with van der Waals surface area (Å²) in [6.45, 7) is 2.88. The average Bonchev–Trinajstić information content (AvgIpc) is 3.00. The fraction of sp³-hybridized carbons (Fsp3) is 0.143. The van der Waals surface area contributed by atoms with E-state index in [1.54, 1.807) is 12.1 Å². The van der Waals surface area contributed by atoms with E-state index in [2.05, 4.69) is 16.2 Å². The molecule has 0 fully saturated rings. The van der Waals surface area contributed by atoms with Gasteiger partial charge in [0.25, 0.3) is 5.69 Å². The van der Waals surface area contributed by atoms with E-state index >= 15 is 0 Å². The Labute approximate surface area is 167 Å². The van der Waals surface area contributed by atoms with Crippen LogP contribution in [0.25, 0.3) is 21.8 Å². The predicted molar refractivity (Wildman–Crippen MR) is 114 cm³/mol. The van der Waals surface area contributed by atoms with Crippen LogP contribution in [-0.2, 0) is 22.3 Å². The van der Waals surface area contributed by atoms with E-state index in [-0.39, 0.29) is 11.4 Å². The van der Waals surface area contributed by atoms with Gasteiger partial charge in [0, 0.05) is 46.2 Å². The molecule has 1 heterocycles. The first-order valence-corrected chi connectivity index (χ1v) is 10.8. The summed E-state index contributed by atoms with van der Waals surface area (Å²) in [6.07, 6.45) is 0. The highest BCUT2D eigenvalue weighted by Crippen LogP contribution is 2.31. The topological polar surface area (TPSA) is 94.2 Å². The highest BCUT2D eigenvalue weighted by Gasteiger charge is 2.16. The summed E-state index contributed by atoms with van der Waals surface area (Å²) in [5, 5.41) is 12.9. The zero-order chi connectivity index (χ0) is 20.6. The van der Waals surface area contributed by atoms with E-state index in [1.807, 2.05) is 36.4 Å². The zero-order valence-electron chi connectivity index (χ0n) is 15.7. The number of hydrogen-bond donors (Lipinski definition) is 1. The number of benzene rings is 3. The third-order valence-corrected chi connectivity index (χ3v) is 6.10. The Kier molecular flexibility index (Phi) is 4.71. The number of non-ortho nitro benzene ring substituents is 1. The van der Waals surface area contributed by atoms with Crippen LogP contribution in [0.5, 0.6) is 0 Å². The Morgan fingerprint density at radius 1 is 0.966 bits per heavy atom. The van der Waals surface area contributed by atoms with Crippen molar-refractivity contribution in [1.82, 2.24) is 4.57 Å². The number of nitro groups is 1. The molecule has 0 spiro atoms. The molecule has 3 aromatic carbocycles. The molecule has 4 aromatic rings. The molecule has 7 nitrogen and oxygen atoms in total. The van der Waals surface area contributed by atoms with Gasteiger partial charge in [0.05, 0.1) is 10.7 Å². The number of nitrogens with zero attached hydrogens (tertiary/aromatic N) is 2. The summed E-state index contributed by atoms with van der Waals surface area (Å²) in [5.41, 5.74) is 2.82. The largest absolute Gasteiger partial charge is 0.341 e. The lowest BCUT2D eigenvalue weighted by Gasteiger charge is -2.09. The molecule has 0 saturated heterocycles. The second kappa shape index (κ2) is 7.21. The summed E-state index contributed by atoms with van der Waals surface area (Å²) in [6, 6.07) is 19.1. The minimum Gasteiger partial charge on any atom is -0.341 e. The van der Waals surface area contributed by atoms with Crippen LogP contribution in [0, 0.1) is 10.1 Å². The van der Waals surface area contributed by atoms with Crippen LogP contribution in [0.1, 0.15) is 12.5 Å². The molecule has 0 aliphatic carbocycles. The first-order chi connectivity index (χ1) is 13.9. The molecule has 0 saturated carbocycles. The van der Waals surface area contributed by atoms with Crippen LogP contribution < -0.4 is 4.72 Å². The summed E-state index contributed by atoms with van der Waals surface area (Å²) >= 11 is 0. The molecule has 8 heteroatoms. The van der Waals surface area contributed by atoms with Gasteiger partial charge in [-0.25, -0.2) is 8.42 Å². The Balaban J connectivity index is 1.67. The van der Waals surface area contributed by atoms with Gasteiger partial charge in [0.1, 0.15) is 0 Å². The molecule has 1 N–H and O–H groups in total. The number of fused-ring (bicyclic) bond motifs is 3. The minimum atomic E-state index is -3.73. The SMILES string of the molecule is CCn1c2ccccc2c2cc(NS(=O)(=O)Cc3cccc([N+](=O)[O-])c3)ccc21. The number of anilines is 1. The quantitative estimate of drug-likeness (QED) is 0.370. The molecular formula is C21H19N3O4S. The average molecular weight is 409 g/mol. The van der Waals surface area contributed by atoms with Gasteiger partial charge in [-0.2, -0.15) is 0 Å². The van der Waals surface area contributed by atoms with Crippen molar-refractivity contribution in [1.29, 1.82) is 0 Å². The standard InChI is InChI=1S/C21H19N3O4S/c1-2-23-20-9-4-3-8-18(20)19-13-16(10-11-21(19)23)22-29(27,28)14-15-6-5-7-17(12-15)24(25)26/h3-13,22H,2,14H2,1H3. The van der Waals surface area contributed by atoms with Crippen molar-refractivity contribution < 1.29 is 13.3 Å². The highest BCUT2D eigenvalue weighted by atomic mass is 32.2. The zero-order valence-corrected chi connectivity index (χ0v) is 16.5. The summed E-state index contributed by atoms with van der Waals surface area (Å²) in [5.74, 6) is -0.344. The normalized spacial score (nSPS) is 11.8. The van der Waals surface area contributed by atoms with Crippen LogP contribution in [-0.4, -0.2) is 17.9 Å². The van der Waals surface area contributed by atoms with E-state index < -0.39 is 14.9 Å². The fourth-order valence-electron chi connectivity index (χ4n) is 3.65. The van der Waals surface area contributed by atoms with Crippen molar-refractivity contribution in [2.45, 2.75) is 19.2 Å². The maximum Gasteiger partial charge on any atom is 0.269 e. The lowest BCUT2D eigenvalue weighted by Crippen LogP contribution is -2.15. The summed E-state index contributed by atoms with van der Waals surface area (Å²) < 4.78 is 30.0. The van der Waals surface area contributed by atoms with Gasteiger partial charge in [-0.05, 0) is 36.8 Å². The number of hydrogen-bond acceptors (Lipinski definition) is 4. The van der Waals surface area contributed by atoms with E-state index in [9.17, 15) is 18.5 Å². The maximum atomic E-state index is 12.6. The van der Waals surface area contributed by atoms with Gasteiger partial charge in [-0.3, -0.25) is 14.8 Å². The van der Waals surface area contributed by atoms with Gasteiger partial charge in [0.15, 0.2) is 0 Å². The smallest absolute Gasteiger partial charge is 0.269 e. The molecule has 0 unspecified atom stereocenters. The van der Waals surface area contributed by atoms with Crippen molar-refractivity contribution in [3.8, 4) is 0 Å². The van der Waals surface area contributed by atoms with Crippen molar-refractivity contribution in [3.63, 3.8) is 0 Å². The van der Waals surface area contributed by atoms with E-state index in [1.165, 1.54) is 18.2 Å². The van der Waals surface area contributed by atoms with Crippen LogP contribution in [0.2, 0.25) is 0 Å². The lowest BCUT2D eigenvalue weighted by atomic mass is 10.1. The molecule has 1 aromatic heterocycles. The maximum absolute atomic E-state index is 12.6. The fourth-order valence-corrected chi connectivity index (χ4v) is 4.83. The molecule has 0 atom stereocenters. The minimum absolute atomic E-state index is 0.133. The first-order valence-electron chi connectivity index (χ1n) is 9.13. The monoisotopic (exact) mass is 409 g/mol. The van der Waals surface area contributed by atoms with Gasteiger partial charge >= 0.3 is 0 Å². The van der Waals surface area contributed by atoms with E-state index in [0.717, 1.165) is 28.4 Å². The third kappa shape index (κ3) is 3.66. The Morgan fingerprint density at radius 3 is 2.48 bits per heavy atom. The molecule has 4 rings (SSSR count). The number of para-hydroxylation sites is 1. The number of aromatic nitrogens is 1. The lowest BCUT2D eigenvalue weighted by molar-refractivity contribution is -0.384. The van der Waals surface area contributed by atoms with Crippen LogP contribution in [0.15, 0.2) is 66.7 Å². The van der Waals surface area contributed by atoms with Gasteiger partial charge < -0.3 is 4.57 Å². The van der Waals surface area contributed by atoms with E-state index in [4.69, 9.17) is 0 Å². The molecule has 0 bridgehead atoms. The summed E-state index contributed by atoms with van der Waals surface area (Å²) in [7, 11) is -3.73. The van der Waals surface area contributed by atoms with Crippen LogP contribution >= 0.6 is 0 Å². The van der Waals surface area contributed by atoms with Gasteiger partial charge in [-0.1, -0.05) is 30.3 Å². The number of nitro benzene ring substituents is 1. The molecule has 0 amide bonds. The number of rotatable bonds is 6. The molecule has 0 radical (unpaired) electrons. The third-order valence-electron chi connectivity index (χ3n) is 4.84. The Morgan fingerprint density at radius 2 is 1.72 bits per heavy atom. The Hall–Kier alpha value is -3.39. The van der Waals surface area contributed by atoms with Gasteiger partial charge in [0.2, 0.25) is 10.0 Å². The predicted octanol–water partition coefficient (Wildman–Crippen LogP) is 4.66. The van der Waals surface area contributed by atoms with Crippen LogP contribution in [0.4, 0.5) is 11.4 Å². The number of sulfonamides is 1.